The molecule has 3 heterocycles. The van der Waals surface area contributed by atoms with Crippen molar-refractivity contribution in [2.75, 3.05) is 31.1 Å². The van der Waals surface area contributed by atoms with Crippen LogP contribution in [0.2, 0.25) is 0 Å². The molecule has 0 amide bonds. The first-order valence-corrected chi connectivity index (χ1v) is 8.56. The quantitative estimate of drug-likeness (QED) is 0.797. The molecular weight excluding hydrogens is 316 g/mol. The van der Waals surface area contributed by atoms with Gasteiger partial charge in [-0.05, 0) is 18.2 Å². The maximum Gasteiger partial charge on any atom is 0.262 e. The number of anilines is 1. The van der Waals surface area contributed by atoms with Crippen molar-refractivity contribution in [2.24, 2.45) is 7.05 Å². The summed E-state index contributed by atoms with van der Waals surface area (Å²) in [4.78, 5) is 6.03. The molecule has 0 bridgehead atoms. The minimum absolute atomic E-state index is 0.0625. The molecule has 0 radical (unpaired) electrons. The number of hydrogen-bond donors (Lipinski definition) is 0. The molecule has 0 aromatic carbocycles. The van der Waals surface area contributed by atoms with E-state index in [2.05, 4.69) is 16.2 Å². The number of rotatable bonds is 3. The highest BCUT2D eigenvalue weighted by Crippen LogP contribution is 2.22. The predicted octanol–water partition coefficient (Wildman–Crippen LogP) is 0.198. The maximum atomic E-state index is 12.5. The van der Waals surface area contributed by atoms with Gasteiger partial charge in [-0.15, -0.1) is 0 Å². The molecular formula is C14H16N6O2S. The minimum atomic E-state index is -3.57. The molecule has 0 N–H and O–H groups in total. The number of hydrogen-bond acceptors (Lipinski definition) is 6. The second-order valence-electron chi connectivity index (χ2n) is 5.20. The molecule has 0 aliphatic carbocycles. The summed E-state index contributed by atoms with van der Waals surface area (Å²) in [6.07, 6.45) is 3.18. The average Bonchev–Trinajstić information content (AvgIpc) is 3.02. The van der Waals surface area contributed by atoms with Crippen LogP contribution in [0.25, 0.3) is 0 Å². The van der Waals surface area contributed by atoms with Crippen molar-refractivity contribution in [2.45, 2.75) is 5.03 Å². The van der Waals surface area contributed by atoms with Gasteiger partial charge < -0.3 is 4.90 Å². The van der Waals surface area contributed by atoms with Crippen molar-refractivity contribution in [1.29, 1.82) is 5.26 Å². The SMILES string of the molecule is Cn1ccc(S(=O)(=O)N2CCN(c3cccnc3C#N)CC2)n1. The zero-order valence-electron chi connectivity index (χ0n) is 12.6. The Morgan fingerprint density at radius 2 is 1.96 bits per heavy atom. The zero-order chi connectivity index (χ0) is 16.4. The van der Waals surface area contributed by atoms with Crippen LogP contribution in [0.15, 0.2) is 35.6 Å². The molecule has 120 valence electrons. The lowest BCUT2D eigenvalue weighted by Gasteiger charge is -2.35. The van der Waals surface area contributed by atoms with E-state index in [0.717, 1.165) is 5.69 Å². The third kappa shape index (κ3) is 2.91. The van der Waals surface area contributed by atoms with Crippen LogP contribution in [-0.4, -0.2) is 53.7 Å². The number of aromatic nitrogens is 3. The van der Waals surface area contributed by atoms with E-state index in [-0.39, 0.29) is 5.03 Å². The molecule has 0 unspecified atom stereocenters. The fourth-order valence-electron chi connectivity index (χ4n) is 2.57. The predicted molar refractivity (Wildman–Crippen MR) is 83.1 cm³/mol. The van der Waals surface area contributed by atoms with Gasteiger partial charge in [0.25, 0.3) is 10.0 Å². The molecule has 8 nitrogen and oxygen atoms in total. The standard InChI is InChI=1S/C14H16N6O2S/c1-18-6-4-14(17-18)23(21,22)20-9-7-19(8-10-20)13-3-2-5-16-12(13)11-15/h2-6H,7-10H2,1H3. The van der Waals surface area contributed by atoms with Gasteiger partial charge in [0.2, 0.25) is 0 Å². The normalized spacial score (nSPS) is 16.3. The van der Waals surface area contributed by atoms with Gasteiger partial charge in [-0.3, -0.25) is 4.68 Å². The summed E-state index contributed by atoms with van der Waals surface area (Å²) in [5.41, 5.74) is 1.10. The molecule has 1 saturated heterocycles. The lowest BCUT2D eigenvalue weighted by atomic mass is 10.2. The van der Waals surface area contributed by atoms with Crippen LogP contribution in [0.5, 0.6) is 0 Å². The third-order valence-corrected chi connectivity index (χ3v) is 5.56. The highest BCUT2D eigenvalue weighted by atomic mass is 32.2. The number of nitriles is 1. The molecule has 1 aliphatic heterocycles. The zero-order valence-corrected chi connectivity index (χ0v) is 13.4. The Labute approximate surface area is 134 Å². The van der Waals surface area contributed by atoms with Crippen LogP contribution in [0.1, 0.15) is 5.69 Å². The van der Waals surface area contributed by atoms with E-state index in [1.165, 1.54) is 15.1 Å². The number of pyridine rings is 1. The van der Waals surface area contributed by atoms with Gasteiger partial charge in [0, 0.05) is 45.6 Å². The maximum absolute atomic E-state index is 12.5. The highest BCUT2D eigenvalue weighted by Gasteiger charge is 2.30. The average molecular weight is 332 g/mol. The molecule has 2 aromatic rings. The van der Waals surface area contributed by atoms with Crippen molar-refractivity contribution in [3.05, 3.63) is 36.3 Å². The van der Waals surface area contributed by atoms with Crippen LogP contribution < -0.4 is 4.90 Å². The van der Waals surface area contributed by atoms with E-state index in [4.69, 9.17) is 5.26 Å². The lowest BCUT2D eigenvalue weighted by Crippen LogP contribution is -2.49. The Kier molecular flexibility index (Phi) is 4.02. The molecule has 1 fully saturated rings. The van der Waals surface area contributed by atoms with Gasteiger partial charge in [0.15, 0.2) is 10.7 Å². The smallest absolute Gasteiger partial charge is 0.262 e. The molecule has 9 heteroatoms. The van der Waals surface area contributed by atoms with E-state index in [1.807, 2.05) is 11.0 Å². The van der Waals surface area contributed by atoms with Gasteiger partial charge in [-0.2, -0.15) is 14.7 Å². The number of nitrogens with zero attached hydrogens (tertiary/aromatic N) is 6. The first-order chi connectivity index (χ1) is 11.0. The van der Waals surface area contributed by atoms with E-state index in [0.29, 0.717) is 31.9 Å². The third-order valence-electron chi connectivity index (χ3n) is 3.76. The Morgan fingerprint density at radius 1 is 1.22 bits per heavy atom. The summed E-state index contributed by atoms with van der Waals surface area (Å²) in [6, 6.07) is 7.16. The molecule has 0 spiro atoms. The van der Waals surface area contributed by atoms with Crippen LogP contribution in [-0.2, 0) is 17.1 Å². The Hall–Kier alpha value is -2.44. The van der Waals surface area contributed by atoms with Gasteiger partial charge in [0.1, 0.15) is 6.07 Å². The van der Waals surface area contributed by atoms with E-state index in [1.54, 1.807) is 25.5 Å². The number of aryl methyl sites for hydroxylation is 1. The largest absolute Gasteiger partial charge is 0.367 e. The van der Waals surface area contributed by atoms with Gasteiger partial charge >= 0.3 is 0 Å². The fraction of sp³-hybridized carbons (Fsp3) is 0.357. The van der Waals surface area contributed by atoms with Crippen LogP contribution in [0, 0.1) is 11.3 Å². The van der Waals surface area contributed by atoms with E-state index >= 15 is 0 Å². The fourth-order valence-corrected chi connectivity index (χ4v) is 3.94. The molecule has 1 aliphatic rings. The lowest BCUT2D eigenvalue weighted by molar-refractivity contribution is 0.382. The van der Waals surface area contributed by atoms with Crippen molar-refractivity contribution in [3.8, 4) is 6.07 Å². The summed E-state index contributed by atoms with van der Waals surface area (Å²) in [5.74, 6) is 0. The van der Waals surface area contributed by atoms with Crippen LogP contribution in [0.4, 0.5) is 5.69 Å². The topological polar surface area (TPSA) is 95.1 Å². The highest BCUT2D eigenvalue weighted by molar-refractivity contribution is 7.89. The summed E-state index contributed by atoms with van der Waals surface area (Å²) >= 11 is 0. The summed E-state index contributed by atoms with van der Waals surface area (Å²) < 4.78 is 28.0. The first-order valence-electron chi connectivity index (χ1n) is 7.12. The number of sulfonamides is 1. The van der Waals surface area contributed by atoms with Crippen molar-refractivity contribution < 1.29 is 8.42 Å². The second kappa shape index (κ2) is 5.98. The molecule has 2 aromatic heterocycles. The second-order valence-corrected chi connectivity index (χ2v) is 7.09. The summed E-state index contributed by atoms with van der Waals surface area (Å²) in [7, 11) is -1.89. The van der Waals surface area contributed by atoms with Gasteiger partial charge in [0.05, 0.1) is 5.69 Å². The van der Waals surface area contributed by atoms with Gasteiger partial charge in [-0.1, -0.05) is 0 Å². The summed E-state index contributed by atoms with van der Waals surface area (Å²) in [6.45, 7) is 1.70. The first kappa shape index (κ1) is 15.5. The molecule has 0 atom stereocenters. The van der Waals surface area contributed by atoms with E-state index in [9.17, 15) is 8.42 Å². The van der Waals surface area contributed by atoms with Crippen molar-refractivity contribution >= 4 is 15.7 Å². The van der Waals surface area contributed by atoms with E-state index < -0.39 is 10.0 Å². The minimum Gasteiger partial charge on any atom is -0.367 e. The van der Waals surface area contributed by atoms with Gasteiger partial charge in [-0.25, -0.2) is 13.4 Å². The Morgan fingerprint density at radius 3 is 2.57 bits per heavy atom. The number of piperazine rings is 1. The van der Waals surface area contributed by atoms with Crippen molar-refractivity contribution in [3.63, 3.8) is 0 Å². The Bertz CT molecular complexity index is 846. The molecule has 23 heavy (non-hydrogen) atoms. The Balaban J connectivity index is 1.75. The summed E-state index contributed by atoms with van der Waals surface area (Å²) in [5, 5.41) is 13.2. The molecule has 3 rings (SSSR count). The monoisotopic (exact) mass is 332 g/mol. The van der Waals surface area contributed by atoms with Crippen LogP contribution in [0.3, 0.4) is 0 Å². The van der Waals surface area contributed by atoms with Crippen molar-refractivity contribution in [1.82, 2.24) is 19.1 Å². The van der Waals surface area contributed by atoms with Crippen LogP contribution >= 0.6 is 0 Å². The molecule has 0 saturated carbocycles.